The number of ether oxygens (including phenoxy) is 1. The van der Waals surface area contributed by atoms with Crippen LogP contribution in [0.25, 0.3) is 0 Å². The number of benzene rings is 2. The molecule has 0 spiro atoms. The molecule has 0 atom stereocenters. The predicted molar refractivity (Wildman–Crippen MR) is 120 cm³/mol. The lowest BCUT2D eigenvalue weighted by atomic mass is 9.95. The highest BCUT2D eigenvalue weighted by molar-refractivity contribution is 7.89. The normalized spacial score (nSPS) is 17.7. The molecule has 166 valence electrons. The first-order chi connectivity index (χ1) is 14.9. The molecule has 31 heavy (non-hydrogen) atoms. The van der Waals surface area contributed by atoms with Crippen molar-refractivity contribution in [3.63, 3.8) is 0 Å². The summed E-state index contributed by atoms with van der Waals surface area (Å²) in [5, 5.41) is 3.16. The van der Waals surface area contributed by atoms with Crippen molar-refractivity contribution in [2.45, 2.75) is 56.0 Å². The van der Waals surface area contributed by atoms with Crippen molar-refractivity contribution < 1.29 is 17.9 Å². The molecule has 2 aromatic carbocycles. The molecule has 0 saturated heterocycles. The van der Waals surface area contributed by atoms with Crippen LogP contribution in [-0.2, 0) is 27.8 Å². The monoisotopic (exact) mass is 462 g/mol. The number of carbonyl (C=O) groups is 1. The first kappa shape index (κ1) is 22.1. The SMILES string of the molecule is O=C(COc1ccc(S(=O)(=O)N2CCc3ccccc3C2)cc1Cl)NC1CCCCC1. The Morgan fingerprint density at radius 2 is 1.84 bits per heavy atom. The number of sulfonamides is 1. The van der Waals surface area contributed by atoms with Gasteiger partial charge in [-0.3, -0.25) is 4.79 Å². The lowest BCUT2D eigenvalue weighted by Gasteiger charge is -2.28. The molecule has 1 saturated carbocycles. The maximum atomic E-state index is 13.1. The largest absolute Gasteiger partial charge is 0.482 e. The molecular formula is C23H27ClN2O4S. The van der Waals surface area contributed by atoms with Gasteiger partial charge in [-0.05, 0) is 48.6 Å². The van der Waals surface area contributed by atoms with Crippen LogP contribution in [0.15, 0.2) is 47.4 Å². The second-order valence-electron chi connectivity index (χ2n) is 8.14. The summed E-state index contributed by atoms with van der Waals surface area (Å²) in [6.45, 7) is 0.623. The van der Waals surface area contributed by atoms with Gasteiger partial charge in [-0.1, -0.05) is 55.1 Å². The summed E-state index contributed by atoms with van der Waals surface area (Å²) in [6, 6.07) is 12.5. The van der Waals surface area contributed by atoms with E-state index in [2.05, 4.69) is 5.32 Å². The third-order valence-corrected chi connectivity index (χ3v) is 8.10. The lowest BCUT2D eigenvalue weighted by Crippen LogP contribution is -2.39. The molecule has 1 aliphatic heterocycles. The molecule has 1 amide bonds. The third-order valence-electron chi connectivity index (χ3n) is 5.97. The highest BCUT2D eigenvalue weighted by atomic mass is 35.5. The Balaban J connectivity index is 1.39. The Hall–Kier alpha value is -2.09. The van der Waals surface area contributed by atoms with E-state index in [9.17, 15) is 13.2 Å². The van der Waals surface area contributed by atoms with Crippen molar-refractivity contribution in [2.75, 3.05) is 13.2 Å². The quantitative estimate of drug-likeness (QED) is 0.706. The summed E-state index contributed by atoms with van der Waals surface area (Å²) in [6.07, 6.45) is 6.17. The van der Waals surface area contributed by atoms with Crippen LogP contribution in [0.3, 0.4) is 0 Å². The first-order valence-electron chi connectivity index (χ1n) is 10.7. The van der Waals surface area contributed by atoms with Crippen LogP contribution >= 0.6 is 11.6 Å². The number of carbonyl (C=O) groups excluding carboxylic acids is 1. The summed E-state index contributed by atoms with van der Waals surface area (Å²) in [5.74, 6) is 0.107. The zero-order chi connectivity index (χ0) is 21.8. The zero-order valence-corrected chi connectivity index (χ0v) is 18.9. The molecule has 1 fully saturated rings. The number of rotatable bonds is 6. The van der Waals surface area contributed by atoms with Crippen molar-refractivity contribution in [2.24, 2.45) is 0 Å². The second kappa shape index (κ2) is 9.59. The van der Waals surface area contributed by atoms with E-state index in [-0.39, 0.29) is 28.5 Å². The van der Waals surface area contributed by atoms with Crippen LogP contribution in [0.5, 0.6) is 5.75 Å². The van der Waals surface area contributed by atoms with Crippen molar-refractivity contribution in [1.29, 1.82) is 0 Å². The van der Waals surface area contributed by atoms with Gasteiger partial charge in [0.2, 0.25) is 10.0 Å². The Morgan fingerprint density at radius 3 is 2.58 bits per heavy atom. The fourth-order valence-electron chi connectivity index (χ4n) is 4.24. The number of nitrogens with zero attached hydrogens (tertiary/aromatic N) is 1. The summed E-state index contributed by atoms with van der Waals surface area (Å²) in [4.78, 5) is 12.3. The van der Waals surface area contributed by atoms with Crippen molar-refractivity contribution in [3.8, 4) is 5.75 Å². The van der Waals surface area contributed by atoms with Gasteiger partial charge in [0.05, 0.1) is 9.92 Å². The summed E-state index contributed by atoms with van der Waals surface area (Å²) in [7, 11) is -3.68. The fourth-order valence-corrected chi connectivity index (χ4v) is 5.99. The highest BCUT2D eigenvalue weighted by Gasteiger charge is 2.28. The Morgan fingerprint density at radius 1 is 1.10 bits per heavy atom. The number of hydrogen-bond donors (Lipinski definition) is 1. The molecular weight excluding hydrogens is 436 g/mol. The van der Waals surface area contributed by atoms with E-state index in [4.69, 9.17) is 16.3 Å². The van der Waals surface area contributed by atoms with Crippen LogP contribution in [0.4, 0.5) is 0 Å². The summed E-state index contributed by atoms with van der Waals surface area (Å²) >= 11 is 6.29. The minimum atomic E-state index is -3.68. The number of halogens is 1. The van der Waals surface area contributed by atoms with Crippen molar-refractivity contribution in [3.05, 3.63) is 58.6 Å². The average molecular weight is 463 g/mol. The molecule has 1 aliphatic carbocycles. The van der Waals surface area contributed by atoms with E-state index in [1.54, 1.807) is 0 Å². The summed E-state index contributed by atoms with van der Waals surface area (Å²) < 4.78 is 33.2. The maximum absolute atomic E-state index is 13.1. The van der Waals surface area contributed by atoms with E-state index < -0.39 is 10.0 Å². The molecule has 0 radical (unpaired) electrons. The van der Waals surface area contributed by atoms with Gasteiger partial charge >= 0.3 is 0 Å². The van der Waals surface area contributed by atoms with E-state index in [0.29, 0.717) is 25.3 Å². The number of hydrogen-bond acceptors (Lipinski definition) is 4. The molecule has 0 bridgehead atoms. The van der Waals surface area contributed by atoms with Gasteiger partial charge in [-0.15, -0.1) is 0 Å². The standard InChI is InChI=1S/C23H27ClN2O4S/c24-21-14-20(31(28,29)26-13-12-17-6-4-5-7-18(17)15-26)10-11-22(21)30-16-23(27)25-19-8-2-1-3-9-19/h4-7,10-11,14,19H,1-3,8-9,12-13,15-16H2,(H,25,27). The van der Waals surface area contributed by atoms with Gasteiger partial charge < -0.3 is 10.1 Å². The zero-order valence-electron chi connectivity index (χ0n) is 17.3. The van der Waals surface area contributed by atoms with Crippen LogP contribution < -0.4 is 10.1 Å². The van der Waals surface area contributed by atoms with Gasteiger partial charge in [-0.2, -0.15) is 4.31 Å². The van der Waals surface area contributed by atoms with Crippen LogP contribution in [0.2, 0.25) is 5.02 Å². The van der Waals surface area contributed by atoms with Gasteiger partial charge in [-0.25, -0.2) is 8.42 Å². The van der Waals surface area contributed by atoms with Gasteiger partial charge in [0, 0.05) is 19.1 Å². The third kappa shape index (κ3) is 5.22. The molecule has 4 rings (SSSR count). The molecule has 8 heteroatoms. The van der Waals surface area contributed by atoms with Gasteiger partial charge in [0.1, 0.15) is 5.75 Å². The van der Waals surface area contributed by atoms with Crippen molar-refractivity contribution in [1.82, 2.24) is 9.62 Å². The van der Waals surface area contributed by atoms with Gasteiger partial charge in [0.25, 0.3) is 5.91 Å². The topological polar surface area (TPSA) is 75.7 Å². The molecule has 2 aliphatic rings. The fraction of sp³-hybridized carbons (Fsp3) is 0.435. The van der Waals surface area contributed by atoms with Crippen LogP contribution in [0, 0.1) is 0 Å². The van der Waals surface area contributed by atoms with E-state index in [1.807, 2.05) is 24.3 Å². The molecule has 0 aromatic heterocycles. The molecule has 2 aromatic rings. The second-order valence-corrected chi connectivity index (χ2v) is 10.5. The Kier molecular flexibility index (Phi) is 6.84. The van der Waals surface area contributed by atoms with E-state index in [1.165, 1.54) is 34.5 Å². The van der Waals surface area contributed by atoms with E-state index in [0.717, 1.165) is 31.2 Å². The van der Waals surface area contributed by atoms with Crippen LogP contribution in [0.1, 0.15) is 43.2 Å². The maximum Gasteiger partial charge on any atom is 0.258 e. The summed E-state index contributed by atoms with van der Waals surface area (Å²) in [5.41, 5.74) is 2.20. The first-order valence-corrected chi connectivity index (χ1v) is 12.5. The Labute approximate surface area is 188 Å². The molecule has 0 unspecified atom stereocenters. The van der Waals surface area contributed by atoms with Gasteiger partial charge in [0.15, 0.2) is 6.61 Å². The number of amides is 1. The molecule has 1 N–H and O–H groups in total. The molecule has 6 nitrogen and oxygen atoms in total. The minimum absolute atomic E-state index is 0.121. The Bertz CT molecular complexity index is 1050. The molecule has 1 heterocycles. The van der Waals surface area contributed by atoms with E-state index >= 15 is 0 Å². The minimum Gasteiger partial charge on any atom is -0.482 e. The number of fused-ring (bicyclic) bond motifs is 1. The smallest absolute Gasteiger partial charge is 0.258 e. The van der Waals surface area contributed by atoms with Crippen LogP contribution in [-0.4, -0.2) is 37.8 Å². The average Bonchev–Trinajstić information content (AvgIpc) is 2.78. The highest BCUT2D eigenvalue weighted by Crippen LogP contribution is 2.31. The predicted octanol–water partition coefficient (Wildman–Crippen LogP) is 3.91. The lowest BCUT2D eigenvalue weighted by molar-refractivity contribution is -0.124. The van der Waals surface area contributed by atoms with Crippen molar-refractivity contribution >= 4 is 27.5 Å². The number of nitrogens with one attached hydrogen (secondary N) is 1.